The largest absolute Gasteiger partial charge is 0.341 e. The van der Waals surface area contributed by atoms with Crippen molar-refractivity contribution in [2.75, 3.05) is 13.1 Å². The third kappa shape index (κ3) is 4.57. The van der Waals surface area contributed by atoms with Crippen LogP contribution in [0.5, 0.6) is 0 Å². The highest BCUT2D eigenvalue weighted by atomic mass is 16.2. The lowest BCUT2D eigenvalue weighted by atomic mass is 9.89. The fourth-order valence-electron chi connectivity index (χ4n) is 3.20. The molecular weight excluding hydrogens is 260 g/mol. The fourth-order valence-corrected chi connectivity index (χ4v) is 3.20. The molecule has 1 aliphatic heterocycles. The molecule has 0 spiro atoms. The van der Waals surface area contributed by atoms with Crippen LogP contribution in [0.25, 0.3) is 0 Å². The summed E-state index contributed by atoms with van der Waals surface area (Å²) in [6.07, 6.45) is 4.08. The van der Waals surface area contributed by atoms with Crippen LogP contribution in [0.15, 0.2) is 30.3 Å². The predicted octanol–water partition coefficient (Wildman–Crippen LogP) is 2.84. The average Bonchev–Trinajstić information content (AvgIpc) is 2.73. The standard InChI is InChI=1S/C18H28N2O/c1-14(2)16-9-6-11-20(12-10-16)18(21)17(19)13-15-7-4-3-5-8-15/h3-5,7-8,14,16-17H,6,9-13,19H2,1-2H3/t16?,17-/m0/s1. The van der Waals surface area contributed by atoms with E-state index in [1.165, 1.54) is 6.42 Å². The van der Waals surface area contributed by atoms with Gasteiger partial charge in [0.15, 0.2) is 0 Å². The van der Waals surface area contributed by atoms with E-state index in [1.54, 1.807) is 0 Å². The van der Waals surface area contributed by atoms with Crippen molar-refractivity contribution in [3.8, 4) is 0 Å². The summed E-state index contributed by atoms with van der Waals surface area (Å²) in [6.45, 7) is 6.29. The number of nitrogens with two attached hydrogens (primary N) is 1. The number of hydrogen-bond acceptors (Lipinski definition) is 2. The van der Waals surface area contributed by atoms with Gasteiger partial charge in [-0.1, -0.05) is 44.2 Å². The molecule has 21 heavy (non-hydrogen) atoms. The monoisotopic (exact) mass is 288 g/mol. The molecule has 1 heterocycles. The van der Waals surface area contributed by atoms with Gasteiger partial charge in [-0.2, -0.15) is 0 Å². The Morgan fingerprint density at radius 2 is 1.95 bits per heavy atom. The van der Waals surface area contributed by atoms with Crippen molar-refractivity contribution in [1.29, 1.82) is 0 Å². The van der Waals surface area contributed by atoms with Crippen molar-refractivity contribution >= 4 is 5.91 Å². The molecule has 1 saturated heterocycles. The SMILES string of the molecule is CC(C)C1CCCN(C(=O)[C@@H](N)Cc2ccccc2)CC1. The number of benzene rings is 1. The maximum Gasteiger partial charge on any atom is 0.239 e. The van der Waals surface area contributed by atoms with Crippen molar-refractivity contribution in [2.24, 2.45) is 17.6 Å². The number of amides is 1. The summed E-state index contributed by atoms with van der Waals surface area (Å²) < 4.78 is 0. The summed E-state index contributed by atoms with van der Waals surface area (Å²) in [4.78, 5) is 14.5. The zero-order chi connectivity index (χ0) is 15.2. The van der Waals surface area contributed by atoms with Crippen LogP contribution in [0, 0.1) is 11.8 Å². The van der Waals surface area contributed by atoms with Crippen LogP contribution < -0.4 is 5.73 Å². The van der Waals surface area contributed by atoms with E-state index in [2.05, 4.69) is 13.8 Å². The van der Waals surface area contributed by atoms with E-state index in [0.717, 1.165) is 37.4 Å². The van der Waals surface area contributed by atoms with Crippen LogP contribution in [0.3, 0.4) is 0 Å². The van der Waals surface area contributed by atoms with Gasteiger partial charge in [-0.3, -0.25) is 4.79 Å². The number of hydrogen-bond donors (Lipinski definition) is 1. The second-order valence-corrected chi connectivity index (χ2v) is 6.56. The van der Waals surface area contributed by atoms with Gasteiger partial charge in [-0.15, -0.1) is 0 Å². The summed E-state index contributed by atoms with van der Waals surface area (Å²) in [7, 11) is 0. The molecule has 1 fully saturated rings. The third-order valence-corrected chi connectivity index (χ3v) is 4.64. The van der Waals surface area contributed by atoms with Crippen molar-refractivity contribution in [3.63, 3.8) is 0 Å². The molecule has 2 atom stereocenters. The molecule has 0 aromatic heterocycles. The summed E-state index contributed by atoms with van der Waals surface area (Å²) >= 11 is 0. The molecule has 3 heteroatoms. The highest BCUT2D eigenvalue weighted by molar-refractivity contribution is 5.82. The van der Waals surface area contributed by atoms with Gasteiger partial charge in [0.1, 0.15) is 0 Å². The van der Waals surface area contributed by atoms with Gasteiger partial charge in [0.2, 0.25) is 5.91 Å². The molecule has 0 saturated carbocycles. The number of nitrogens with zero attached hydrogens (tertiary/aromatic N) is 1. The van der Waals surface area contributed by atoms with Crippen LogP contribution in [-0.2, 0) is 11.2 Å². The molecule has 3 nitrogen and oxygen atoms in total. The van der Waals surface area contributed by atoms with Crippen LogP contribution >= 0.6 is 0 Å². The van der Waals surface area contributed by atoms with Gasteiger partial charge in [-0.25, -0.2) is 0 Å². The summed E-state index contributed by atoms with van der Waals surface area (Å²) in [5, 5.41) is 0. The lowest BCUT2D eigenvalue weighted by Gasteiger charge is -2.24. The molecule has 0 aliphatic carbocycles. The van der Waals surface area contributed by atoms with Gasteiger partial charge in [0.05, 0.1) is 6.04 Å². The highest BCUT2D eigenvalue weighted by Crippen LogP contribution is 2.24. The summed E-state index contributed by atoms with van der Waals surface area (Å²) in [6, 6.07) is 9.62. The highest BCUT2D eigenvalue weighted by Gasteiger charge is 2.25. The minimum Gasteiger partial charge on any atom is -0.341 e. The average molecular weight is 288 g/mol. The van der Waals surface area contributed by atoms with Gasteiger partial charge in [-0.05, 0) is 43.1 Å². The summed E-state index contributed by atoms with van der Waals surface area (Å²) in [5.41, 5.74) is 7.27. The van der Waals surface area contributed by atoms with Gasteiger partial charge >= 0.3 is 0 Å². The van der Waals surface area contributed by atoms with Crippen LogP contribution in [-0.4, -0.2) is 29.9 Å². The van der Waals surface area contributed by atoms with E-state index in [4.69, 9.17) is 5.73 Å². The number of carbonyl (C=O) groups excluding carboxylic acids is 1. The van der Waals surface area contributed by atoms with E-state index in [-0.39, 0.29) is 5.91 Å². The summed E-state index contributed by atoms with van der Waals surface area (Å²) in [5.74, 6) is 1.56. The molecule has 1 aromatic carbocycles. The number of likely N-dealkylation sites (tertiary alicyclic amines) is 1. The Morgan fingerprint density at radius 1 is 1.24 bits per heavy atom. The first-order valence-electron chi connectivity index (χ1n) is 8.16. The van der Waals surface area contributed by atoms with Crippen molar-refractivity contribution in [3.05, 3.63) is 35.9 Å². The lowest BCUT2D eigenvalue weighted by Crippen LogP contribution is -2.45. The molecular formula is C18H28N2O. The first-order chi connectivity index (χ1) is 10.1. The molecule has 2 N–H and O–H groups in total. The first kappa shape index (κ1) is 16.0. The minimum absolute atomic E-state index is 0.114. The lowest BCUT2D eigenvalue weighted by molar-refractivity contribution is -0.132. The second kappa shape index (κ2) is 7.60. The van der Waals surface area contributed by atoms with E-state index in [1.807, 2.05) is 35.2 Å². The van der Waals surface area contributed by atoms with Gasteiger partial charge in [0.25, 0.3) is 0 Å². The number of rotatable bonds is 4. The van der Waals surface area contributed by atoms with Gasteiger partial charge in [0, 0.05) is 13.1 Å². The Morgan fingerprint density at radius 3 is 2.62 bits per heavy atom. The van der Waals surface area contributed by atoms with E-state index < -0.39 is 6.04 Å². The Labute approximate surface area is 128 Å². The smallest absolute Gasteiger partial charge is 0.239 e. The predicted molar refractivity (Wildman–Crippen MR) is 86.9 cm³/mol. The Hall–Kier alpha value is -1.35. The Bertz CT molecular complexity index is 444. The van der Waals surface area contributed by atoms with Crippen LogP contribution in [0.4, 0.5) is 0 Å². The molecule has 1 aromatic rings. The van der Waals surface area contributed by atoms with E-state index in [9.17, 15) is 4.79 Å². The second-order valence-electron chi connectivity index (χ2n) is 6.56. The van der Waals surface area contributed by atoms with Crippen molar-refractivity contribution < 1.29 is 4.79 Å². The molecule has 1 aliphatic rings. The first-order valence-corrected chi connectivity index (χ1v) is 8.16. The molecule has 0 bridgehead atoms. The molecule has 1 unspecified atom stereocenters. The zero-order valence-corrected chi connectivity index (χ0v) is 13.3. The Kier molecular flexibility index (Phi) is 5.80. The molecule has 1 amide bonds. The van der Waals surface area contributed by atoms with Crippen LogP contribution in [0.2, 0.25) is 0 Å². The Balaban J connectivity index is 1.90. The molecule has 2 rings (SSSR count). The maximum atomic E-state index is 12.5. The third-order valence-electron chi connectivity index (χ3n) is 4.64. The van der Waals surface area contributed by atoms with E-state index >= 15 is 0 Å². The van der Waals surface area contributed by atoms with Gasteiger partial charge < -0.3 is 10.6 Å². The van der Waals surface area contributed by atoms with E-state index in [0.29, 0.717) is 12.3 Å². The maximum absolute atomic E-state index is 12.5. The van der Waals surface area contributed by atoms with Crippen molar-refractivity contribution in [2.45, 2.75) is 45.6 Å². The fraction of sp³-hybridized carbons (Fsp3) is 0.611. The van der Waals surface area contributed by atoms with Crippen molar-refractivity contribution in [1.82, 2.24) is 4.90 Å². The zero-order valence-electron chi connectivity index (χ0n) is 13.3. The van der Waals surface area contributed by atoms with Crippen LogP contribution in [0.1, 0.15) is 38.7 Å². The minimum atomic E-state index is -0.414. The number of carbonyl (C=O) groups is 1. The quantitative estimate of drug-likeness (QED) is 0.926. The molecule has 116 valence electrons. The topological polar surface area (TPSA) is 46.3 Å². The normalized spacial score (nSPS) is 21.1. The molecule has 0 radical (unpaired) electrons.